The van der Waals surface area contributed by atoms with Crippen LogP contribution in [-0.2, 0) is 35.6 Å². The zero-order chi connectivity index (χ0) is 41.9. The molecule has 13 nitrogen and oxygen atoms in total. The molecule has 0 radical (unpaired) electrons. The fourth-order valence-electron chi connectivity index (χ4n) is 8.04. The number of likely N-dealkylation sites (N-methyl/N-ethyl adjacent to an activating group) is 1. The Kier molecular flexibility index (Phi) is 11.4. The summed E-state index contributed by atoms with van der Waals surface area (Å²) >= 11 is 0. The number of para-hydroxylation sites is 2. The molecule has 3 aliphatic rings. The predicted octanol–water partition coefficient (Wildman–Crippen LogP) is 7.00. The molecule has 2 unspecified atom stereocenters. The lowest BCUT2D eigenvalue weighted by Gasteiger charge is -2.22. The number of benzene rings is 5. The Labute approximate surface area is 349 Å². The van der Waals surface area contributed by atoms with E-state index in [-0.39, 0.29) is 37.1 Å². The van der Waals surface area contributed by atoms with Crippen LogP contribution in [0.3, 0.4) is 0 Å². The molecule has 3 heterocycles. The van der Waals surface area contributed by atoms with E-state index in [0.717, 1.165) is 52.0 Å². The Morgan fingerprint density at radius 3 is 2.20 bits per heavy atom. The van der Waals surface area contributed by atoms with Crippen molar-refractivity contribution in [3.8, 4) is 23.0 Å². The summed E-state index contributed by atoms with van der Waals surface area (Å²) in [4.78, 5) is 47.4. The van der Waals surface area contributed by atoms with Crippen LogP contribution in [0.4, 0.5) is 28.4 Å². The Hall–Kier alpha value is -6.86. The van der Waals surface area contributed by atoms with Crippen LogP contribution in [0.2, 0.25) is 0 Å². The van der Waals surface area contributed by atoms with Crippen molar-refractivity contribution in [2.24, 2.45) is 4.99 Å². The first-order valence-corrected chi connectivity index (χ1v) is 20.0. The summed E-state index contributed by atoms with van der Waals surface area (Å²) in [5.41, 5.74) is 8.92. The van der Waals surface area contributed by atoms with Crippen molar-refractivity contribution in [3.63, 3.8) is 0 Å². The summed E-state index contributed by atoms with van der Waals surface area (Å²) in [6.45, 7) is 4.57. The summed E-state index contributed by atoms with van der Waals surface area (Å²) in [5, 5.41) is 9.47. The third-order valence-electron chi connectivity index (χ3n) is 11.3. The van der Waals surface area contributed by atoms with Crippen molar-refractivity contribution in [2.45, 2.75) is 58.0 Å². The quantitative estimate of drug-likeness (QED) is 0.0799. The molecular formula is C47H48N6O7. The van der Waals surface area contributed by atoms with Gasteiger partial charge in [-0.3, -0.25) is 19.4 Å². The first-order valence-electron chi connectivity index (χ1n) is 20.0. The number of carbonyl (C=O) groups is 3. The number of nitrogens with one attached hydrogen (secondary N) is 3. The maximum absolute atomic E-state index is 14.0. The number of aliphatic imine (C=N–C) groups is 1. The summed E-state index contributed by atoms with van der Waals surface area (Å²) in [6, 6.07) is 28.1. The van der Waals surface area contributed by atoms with Crippen molar-refractivity contribution in [1.82, 2.24) is 5.32 Å². The fraction of sp³-hybridized carbons (Fsp3) is 0.277. The number of carbonyl (C=O) groups excluding carboxylic acids is 3. The number of nitrogens with zero attached hydrogens (tertiary/aromatic N) is 3. The van der Waals surface area contributed by atoms with Crippen molar-refractivity contribution in [3.05, 3.63) is 124 Å². The normalized spacial score (nSPS) is 16.9. The third-order valence-corrected chi connectivity index (χ3v) is 11.3. The van der Waals surface area contributed by atoms with Gasteiger partial charge in [0.2, 0.25) is 12.3 Å². The van der Waals surface area contributed by atoms with E-state index in [0.29, 0.717) is 58.6 Å². The molecule has 0 bridgehead atoms. The average molecular weight is 809 g/mol. The molecule has 0 aliphatic carbocycles. The van der Waals surface area contributed by atoms with Crippen LogP contribution in [0.5, 0.6) is 23.0 Å². The van der Waals surface area contributed by atoms with Crippen molar-refractivity contribution in [2.75, 3.05) is 48.2 Å². The number of hydrogen-bond donors (Lipinski definition) is 3. The number of fused-ring (bicyclic) bond motifs is 5. The van der Waals surface area contributed by atoms with Crippen LogP contribution in [-0.4, -0.2) is 70.4 Å². The van der Waals surface area contributed by atoms with Gasteiger partial charge in [-0.1, -0.05) is 36.4 Å². The lowest BCUT2D eigenvalue weighted by molar-refractivity contribution is -0.117. The van der Waals surface area contributed by atoms with Crippen LogP contribution in [0.15, 0.2) is 96.0 Å². The molecule has 60 heavy (non-hydrogen) atoms. The van der Waals surface area contributed by atoms with Crippen molar-refractivity contribution >= 4 is 52.9 Å². The SMILES string of the molecule is CNC(C)C(=O)Nc1cc(COc2cc(N=C[C@@H]3Cc4ccccc4N3C=O)c(C)cc2OC)cc(COc2cc3c(cc2OC)C(=O)N2c4ccccc4CC2CN3)c1. The van der Waals surface area contributed by atoms with Crippen LogP contribution >= 0.6 is 0 Å². The average Bonchev–Trinajstić information content (AvgIpc) is 3.79. The van der Waals surface area contributed by atoms with Gasteiger partial charge in [0.1, 0.15) is 13.2 Å². The van der Waals surface area contributed by atoms with Gasteiger partial charge in [0.15, 0.2) is 23.0 Å². The number of amides is 3. The van der Waals surface area contributed by atoms with Crippen LogP contribution in [0.25, 0.3) is 0 Å². The molecule has 0 aromatic heterocycles. The standard InChI is InChI=1S/C47H48N6O7/c1-28-14-42(57-4)44(21-38(28)49-23-35-18-32-10-6-8-12-40(32)52(35)27-54)59-25-30-15-31(17-34(16-30)51-46(55)29(2)48-3)26-60-45-22-39-37(20-43(45)58-5)47(56)53-36(24-50-39)19-33-11-7-9-13-41(33)53/h6-17,20-23,27,29,35-36,48,50H,18-19,24-26H2,1-5H3,(H,51,55)/t29?,35-,36?/m0/s1. The minimum absolute atomic E-state index is 0.00847. The second-order valence-corrected chi connectivity index (χ2v) is 15.2. The van der Waals surface area contributed by atoms with Gasteiger partial charge in [-0.25, -0.2) is 0 Å². The first kappa shape index (κ1) is 39.9. The van der Waals surface area contributed by atoms with E-state index in [1.54, 1.807) is 45.4 Å². The summed E-state index contributed by atoms with van der Waals surface area (Å²) in [5.74, 6) is 1.62. The van der Waals surface area contributed by atoms with Crippen LogP contribution in [0, 0.1) is 6.92 Å². The summed E-state index contributed by atoms with van der Waals surface area (Å²) in [6.07, 6.45) is 4.09. The molecule has 0 saturated heterocycles. The Morgan fingerprint density at radius 2 is 1.52 bits per heavy atom. The molecule has 3 N–H and O–H groups in total. The molecule has 0 spiro atoms. The number of hydrogen-bond acceptors (Lipinski definition) is 10. The molecule has 0 fully saturated rings. The molecule has 0 saturated carbocycles. The van der Waals surface area contributed by atoms with Gasteiger partial charge in [0, 0.05) is 48.4 Å². The lowest BCUT2D eigenvalue weighted by atomic mass is 10.1. The Morgan fingerprint density at radius 1 is 0.867 bits per heavy atom. The van der Waals surface area contributed by atoms with Crippen LogP contribution < -0.4 is 44.7 Å². The minimum atomic E-state index is -0.430. The molecule has 5 aromatic rings. The van der Waals surface area contributed by atoms with Gasteiger partial charge in [0.25, 0.3) is 5.91 Å². The highest BCUT2D eigenvalue weighted by Gasteiger charge is 2.38. The number of ether oxygens (including phenoxy) is 4. The highest BCUT2D eigenvalue weighted by molar-refractivity contribution is 6.12. The fourth-order valence-corrected chi connectivity index (χ4v) is 8.04. The van der Waals surface area contributed by atoms with E-state index in [9.17, 15) is 14.4 Å². The number of rotatable bonds is 14. The van der Waals surface area contributed by atoms with E-state index in [1.165, 1.54) is 0 Å². The van der Waals surface area contributed by atoms with Crippen molar-refractivity contribution in [1.29, 1.82) is 0 Å². The van der Waals surface area contributed by atoms with Crippen LogP contribution in [0.1, 0.15) is 45.1 Å². The van der Waals surface area contributed by atoms with Gasteiger partial charge in [-0.05, 0) is 97.6 Å². The van der Waals surface area contributed by atoms with Gasteiger partial charge < -0.3 is 44.7 Å². The summed E-state index contributed by atoms with van der Waals surface area (Å²) < 4.78 is 24.3. The van der Waals surface area contributed by atoms with Gasteiger partial charge >= 0.3 is 0 Å². The Balaban J connectivity index is 1.03. The highest BCUT2D eigenvalue weighted by atomic mass is 16.5. The molecule has 3 aliphatic heterocycles. The number of methoxy groups -OCH3 is 2. The van der Waals surface area contributed by atoms with Gasteiger partial charge in [0.05, 0.1) is 49.3 Å². The predicted molar refractivity (Wildman–Crippen MR) is 233 cm³/mol. The lowest BCUT2D eigenvalue weighted by Crippen LogP contribution is -2.39. The van der Waals surface area contributed by atoms with E-state index >= 15 is 0 Å². The van der Waals surface area contributed by atoms with Crippen molar-refractivity contribution < 1.29 is 33.3 Å². The second kappa shape index (κ2) is 17.2. The second-order valence-electron chi connectivity index (χ2n) is 15.2. The Bertz CT molecular complexity index is 2490. The molecule has 3 atom stereocenters. The smallest absolute Gasteiger partial charge is 0.260 e. The molecule has 8 rings (SSSR count). The largest absolute Gasteiger partial charge is 0.493 e. The molecule has 13 heteroatoms. The molecule has 3 amide bonds. The zero-order valence-electron chi connectivity index (χ0n) is 34.3. The minimum Gasteiger partial charge on any atom is -0.493 e. The molecule has 308 valence electrons. The van der Waals surface area contributed by atoms with E-state index in [4.69, 9.17) is 23.9 Å². The monoisotopic (exact) mass is 808 g/mol. The first-order chi connectivity index (χ1) is 29.2. The maximum atomic E-state index is 14.0. The van der Waals surface area contributed by atoms with E-state index in [1.807, 2.05) is 90.7 Å². The van der Waals surface area contributed by atoms with Gasteiger partial charge in [-0.2, -0.15) is 0 Å². The van der Waals surface area contributed by atoms with E-state index < -0.39 is 6.04 Å². The summed E-state index contributed by atoms with van der Waals surface area (Å²) in [7, 11) is 4.86. The third kappa shape index (κ3) is 7.95. The zero-order valence-corrected chi connectivity index (χ0v) is 34.3. The maximum Gasteiger partial charge on any atom is 0.260 e. The van der Waals surface area contributed by atoms with E-state index in [2.05, 4.69) is 22.0 Å². The number of aryl methyl sites for hydroxylation is 1. The molecule has 5 aromatic carbocycles. The molecular weight excluding hydrogens is 761 g/mol. The highest BCUT2D eigenvalue weighted by Crippen LogP contribution is 2.41. The number of anilines is 4. The topological polar surface area (TPSA) is 143 Å². The van der Waals surface area contributed by atoms with Gasteiger partial charge in [-0.15, -0.1) is 0 Å².